The summed E-state index contributed by atoms with van der Waals surface area (Å²) in [5.41, 5.74) is 4.49. The Morgan fingerprint density at radius 2 is 1.84 bits per heavy atom. The number of hydrogen-bond acceptors (Lipinski definition) is 4. The Labute approximate surface area is 152 Å². The summed E-state index contributed by atoms with van der Waals surface area (Å²) >= 11 is 1.46. The van der Waals surface area contributed by atoms with Gasteiger partial charge in [-0.2, -0.15) is 5.10 Å². The first-order valence-electron chi connectivity index (χ1n) is 8.25. The summed E-state index contributed by atoms with van der Waals surface area (Å²) in [5, 5.41) is 9.02. The maximum absolute atomic E-state index is 12.5. The van der Waals surface area contributed by atoms with Crippen LogP contribution >= 0.6 is 11.8 Å². The molecule has 0 saturated carbocycles. The van der Waals surface area contributed by atoms with E-state index in [1.54, 1.807) is 11.1 Å². The van der Waals surface area contributed by atoms with Crippen LogP contribution < -0.4 is 0 Å². The number of thioether (sulfide) groups is 1. The summed E-state index contributed by atoms with van der Waals surface area (Å²) in [5.74, 6) is 0.0811. The lowest BCUT2D eigenvalue weighted by Crippen LogP contribution is -2.31. The van der Waals surface area contributed by atoms with E-state index in [2.05, 4.69) is 23.2 Å². The highest BCUT2D eigenvalue weighted by molar-refractivity contribution is 8.15. The third-order valence-electron chi connectivity index (χ3n) is 4.14. The number of amides is 1. The van der Waals surface area contributed by atoms with Crippen molar-refractivity contribution in [3.8, 4) is 0 Å². The Kier molecular flexibility index (Phi) is 5.34. The van der Waals surface area contributed by atoms with Gasteiger partial charge in [0.15, 0.2) is 5.17 Å². The molecule has 1 amide bonds. The number of nitrogens with zero attached hydrogens (tertiary/aromatic N) is 3. The van der Waals surface area contributed by atoms with Gasteiger partial charge in [0, 0.05) is 0 Å². The summed E-state index contributed by atoms with van der Waals surface area (Å²) in [7, 11) is 0. The standard InChI is InChI=1S/C20H21N3OS/c1-14-8-10-17(11-9-14)12-21-22-20-23(19(24)16(3)25-20)13-18-7-5-4-6-15(18)2/h4-12,16H,13H2,1-3H3/b21-12-,22-20+/t16-/m0/s1. The summed E-state index contributed by atoms with van der Waals surface area (Å²) in [6.07, 6.45) is 1.71. The third-order valence-corrected chi connectivity index (χ3v) is 5.21. The highest BCUT2D eigenvalue weighted by atomic mass is 32.2. The summed E-state index contributed by atoms with van der Waals surface area (Å²) in [4.78, 5) is 14.2. The van der Waals surface area contributed by atoms with Crippen LogP contribution in [-0.2, 0) is 11.3 Å². The molecule has 128 valence electrons. The molecular formula is C20H21N3OS. The fraction of sp³-hybridized carbons (Fsp3) is 0.250. The van der Waals surface area contributed by atoms with Crippen LogP contribution in [-0.4, -0.2) is 27.4 Å². The van der Waals surface area contributed by atoms with Gasteiger partial charge in [0.2, 0.25) is 5.91 Å². The van der Waals surface area contributed by atoms with Crippen molar-refractivity contribution in [1.82, 2.24) is 4.90 Å². The minimum Gasteiger partial charge on any atom is -0.284 e. The number of benzene rings is 2. The first-order chi connectivity index (χ1) is 12.0. The van der Waals surface area contributed by atoms with Crippen molar-refractivity contribution < 1.29 is 4.79 Å². The highest BCUT2D eigenvalue weighted by Crippen LogP contribution is 2.29. The minimum atomic E-state index is -0.127. The van der Waals surface area contributed by atoms with Crippen LogP contribution in [0.5, 0.6) is 0 Å². The van der Waals surface area contributed by atoms with Gasteiger partial charge in [-0.1, -0.05) is 65.9 Å². The number of amidine groups is 1. The molecule has 0 spiro atoms. The quantitative estimate of drug-likeness (QED) is 0.613. The summed E-state index contributed by atoms with van der Waals surface area (Å²) in [6.45, 7) is 6.54. The molecule has 25 heavy (non-hydrogen) atoms. The van der Waals surface area contributed by atoms with Crippen molar-refractivity contribution in [1.29, 1.82) is 0 Å². The van der Waals surface area contributed by atoms with Gasteiger partial charge < -0.3 is 0 Å². The van der Waals surface area contributed by atoms with Gasteiger partial charge in [-0.15, -0.1) is 5.10 Å². The first kappa shape index (κ1) is 17.4. The summed E-state index contributed by atoms with van der Waals surface area (Å²) < 4.78 is 0. The third kappa shape index (κ3) is 4.17. The highest BCUT2D eigenvalue weighted by Gasteiger charge is 2.35. The molecule has 0 radical (unpaired) electrons. The van der Waals surface area contributed by atoms with Crippen molar-refractivity contribution in [3.05, 3.63) is 70.8 Å². The van der Waals surface area contributed by atoms with Crippen molar-refractivity contribution in [2.75, 3.05) is 0 Å². The van der Waals surface area contributed by atoms with Crippen molar-refractivity contribution >= 4 is 29.1 Å². The lowest BCUT2D eigenvalue weighted by molar-refractivity contribution is -0.126. The molecule has 0 aliphatic carbocycles. The molecule has 0 aromatic heterocycles. The average molecular weight is 351 g/mol. The maximum atomic E-state index is 12.5. The predicted octanol–water partition coefficient (Wildman–Crippen LogP) is 4.16. The Balaban J connectivity index is 1.79. The van der Waals surface area contributed by atoms with E-state index in [0.29, 0.717) is 11.7 Å². The monoisotopic (exact) mass is 351 g/mol. The van der Waals surface area contributed by atoms with Crippen molar-refractivity contribution in [2.45, 2.75) is 32.6 Å². The summed E-state index contributed by atoms with van der Waals surface area (Å²) in [6, 6.07) is 16.2. The Bertz CT molecular complexity index is 827. The van der Waals surface area contributed by atoms with Gasteiger partial charge in [0.05, 0.1) is 18.0 Å². The van der Waals surface area contributed by atoms with Crippen molar-refractivity contribution in [3.63, 3.8) is 0 Å². The molecule has 4 nitrogen and oxygen atoms in total. The predicted molar refractivity (Wildman–Crippen MR) is 105 cm³/mol. The number of rotatable bonds is 4. The van der Waals surface area contributed by atoms with Crippen LogP contribution in [0, 0.1) is 13.8 Å². The van der Waals surface area contributed by atoms with Gasteiger partial charge in [0.1, 0.15) is 0 Å². The van der Waals surface area contributed by atoms with E-state index in [9.17, 15) is 4.79 Å². The van der Waals surface area contributed by atoms with Gasteiger partial charge in [-0.05, 0) is 37.5 Å². The van der Waals surface area contributed by atoms with Gasteiger partial charge in [-0.25, -0.2) is 0 Å². The second-order valence-corrected chi connectivity index (χ2v) is 7.46. The molecule has 2 aromatic carbocycles. The van der Waals surface area contributed by atoms with Crippen molar-refractivity contribution in [2.24, 2.45) is 10.2 Å². The molecule has 1 aliphatic rings. The van der Waals surface area contributed by atoms with E-state index in [1.165, 1.54) is 22.9 Å². The Morgan fingerprint density at radius 3 is 2.56 bits per heavy atom. The molecule has 1 heterocycles. The van der Waals surface area contributed by atoms with Crippen LogP contribution in [0.4, 0.5) is 0 Å². The Morgan fingerprint density at radius 1 is 1.12 bits per heavy atom. The normalized spacial score (nSPS) is 19.3. The SMILES string of the molecule is Cc1ccc(/C=N\N=C2\S[C@@H](C)C(=O)N2Cc2ccccc2C)cc1. The first-order valence-corrected chi connectivity index (χ1v) is 9.13. The molecule has 1 saturated heterocycles. The molecular weight excluding hydrogens is 330 g/mol. The fourth-order valence-electron chi connectivity index (χ4n) is 2.56. The number of carbonyl (C=O) groups excluding carboxylic acids is 1. The van der Waals surface area contributed by atoms with E-state index in [4.69, 9.17) is 0 Å². The van der Waals surface area contributed by atoms with E-state index in [0.717, 1.165) is 11.1 Å². The molecule has 1 atom stereocenters. The van der Waals surface area contributed by atoms with E-state index >= 15 is 0 Å². The zero-order valence-corrected chi connectivity index (χ0v) is 15.5. The molecule has 3 rings (SSSR count). The number of carbonyl (C=O) groups is 1. The van der Waals surface area contributed by atoms with Gasteiger partial charge >= 0.3 is 0 Å². The smallest absolute Gasteiger partial charge is 0.242 e. The van der Waals surface area contributed by atoms with Gasteiger partial charge in [-0.3, -0.25) is 9.69 Å². The van der Waals surface area contributed by atoms with E-state index in [-0.39, 0.29) is 11.2 Å². The number of aryl methyl sites for hydroxylation is 2. The second-order valence-electron chi connectivity index (χ2n) is 6.15. The average Bonchev–Trinajstić information content (AvgIpc) is 2.86. The van der Waals surface area contributed by atoms with Crippen LogP contribution in [0.3, 0.4) is 0 Å². The molecule has 5 heteroatoms. The fourth-order valence-corrected chi connectivity index (χ4v) is 3.48. The molecule has 1 fully saturated rings. The molecule has 2 aromatic rings. The van der Waals surface area contributed by atoms with Crippen LogP contribution in [0.25, 0.3) is 0 Å². The zero-order chi connectivity index (χ0) is 17.8. The van der Waals surface area contributed by atoms with Crippen LogP contribution in [0.15, 0.2) is 58.7 Å². The van der Waals surface area contributed by atoms with Crippen LogP contribution in [0.2, 0.25) is 0 Å². The zero-order valence-electron chi connectivity index (χ0n) is 14.6. The second kappa shape index (κ2) is 7.66. The lowest BCUT2D eigenvalue weighted by Gasteiger charge is -2.16. The maximum Gasteiger partial charge on any atom is 0.242 e. The lowest BCUT2D eigenvalue weighted by atomic mass is 10.1. The molecule has 0 unspecified atom stereocenters. The number of hydrogen-bond donors (Lipinski definition) is 0. The van der Waals surface area contributed by atoms with E-state index < -0.39 is 0 Å². The molecule has 0 N–H and O–H groups in total. The Hall–Kier alpha value is -2.40. The minimum absolute atomic E-state index is 0.0811. The van der Waals surface area contributed by atoms with Crippen LogP contribution in [0.1, 0.15) is 29.2 Å². The molecule has 1 aliphatic heterocycles. The largest absolute Gasteiger partial charge is 0.284 e. The van der Waals surface area contributed by atoms with E-state index in [1.807, 2.05) is 56.3 Å². The molecule has 0 bridgehead atoms. The topological polar surface area (TPSA) is 45.0 Å². The van der Waals surface area contributed by atoms with Gasteiger partial charge in [0.25, 0.3) is 0 Å².